The monoisotopic (exact) mass is 509 g/mol. The number of benzene rings is 1. The predicted molar refractivity (Wildman–Crippen MR) is 123 cm³/mol. The Bertz CT molecular complexity index is 809. The molecule has 0 amide bonds. The van der Waals surface area contributed by atoms with Gasteiger partial charge in [-0.1, -0.05) is 26.0 Å². The van der Waals surface area contributed by atoms with Crippen molar-refractivity contribution in [1.29, 1.82) is 0 Å². The second-order valence-electron chi connectivity index (χ2n) is 6.61. The summed E-state index contributed by atoms with van der Waals surface area (Å²) in [6.45, 7) is 9.17. The average Bonchev–Trinajstić information content (AvgIpc) is 2.73. The molecule has 29 heavy (non-hydrogen) atoms. The topological polar surface area (TPSA) is 71.5 Å². The van der Waals surface area contributed by atoms with Crippen LogP contribution in [0.1, 0.15) is 53.1 Å². The summed E-state index contributed by atoms with van der Waals surface area (Å²) in [6.07, 6.45) is 3.85. The van der Waals surface area contributed by atoms with Crippen molar-refractivity contribution in [3.05, 3.63) is 59.4 Å². The zero-order valence-electron chi connectivity index (χ0n) is 17.0. The van der Waals surface area contributed by atoms with Crippen molar-refractivity contribution < 1.29 is 14.3 Å². The van der Waals surface area contributed by atoms with E-state index >= 15 is 0 Å². The highest BCUT2D eigenvalue weighted by Gasteiger charge is 2.15. The quantitative estimate of drug-likeness (QED) is 0.153. The van der Waals surface area contributed by atoms with E-state index in [4.69, 9.17) is 4.74 Å². The standard InChI is InChI=1S/C22H28IN3O3/c1-3-26(4-2)14-8-7-12-24-16-18-15-17(11-13-25-18)22(28)29-20-10-6-5-9-19(20)21(23)27/h5-6,9-11,13,15,24H,3-4,7-8,12,14,16H2,1-2H3. The van der Waals surface area contributed by atoms with E-state index in [0.717, 1.165) is 44.7 Å². The Morgan fingerprint density at radius 2 is 1.90 bits per heavy atom. The van der Waals surface area contributed by atoms with Crippen LogP contribution in [0.3, 0.4) is 0 Å². The number of carbonyl (C=O) groups excluding carboxylic acids is 2. The van der Waals surface area contributed by atoms with E-state index in [1.807, 2.05) is 0 Å². The van der Waals surface area contributed by atoms with Crippen LogP contribution >= 0.6 is 22.6 Å². The van der Waals surface area contributed by atoms with Crippen LogP contribution in [0.5, 0.6) is 5.75 Å². The zero-order chi connectivity index (χ0) is 21.1. The van der Waals surface area contributed by atoms with E-state index in [1.165, 1.54) is 0 Å². The lowest BCUT2D eigenvalue weighted by atomic mass is 10.2. The third kappa shape index (κ3) is 7.83. The number of hydrogen-bond donors (Lipinski definition) is 1. The number of rotatable bonds is 12. The van der Waals surface area contributed by atoms with Crippen LogP contribution < -0.4 is 10.1 Å². The van der Waals surface area contributed by atoms with Crippen LogP contribution in [-0.4, -0.2) is 45.8 Å². The molecule has 1 N–H and O–H groups in total. The maximum absolute atomic E-state index is 12.5. The van der Waals surface area contributed by atoms with Gasteiger partial charge in [0.15, 0.2) is 0 Å². The van der Waals surface area contributed by atoms with Gasteiger partial charge in [0, 0.05) is 35.3 Å². The Kier molecular flexibility index (Phi) is 10.2. The number of nitrogens with zero attached hydrogens (tertiary/aromatic N) is 2. The van der Waals surface area contributed by atoms with E-state index < -0.39 is 5.97 Å². The van der Waals surface area contributed by atoms with Crippen LogP contribution in [0.2, 0.25) is 0 Å². The van der Waals surface area contributed by atoms with Crippen LogP contribution in [0, 0.1) is 0 Å². The van der Waals surface area contributed by atoms with Gasteiger partial charge in [-0.2, -0.15) is 0 Å². The van der Waals surface area contributed by atoms with E-state index in [0.29, 0.717) is 17.7 Å². The molecular formula is C22H28IN3O3. The molecule has 0 aliphatic heterocycles. The molecule has 0 saturated carbocycles. The molecule has 1 aromatic heterocycles. The second kappa shape index (κ2) is 12.7. The first kappa shape index (κ1) is 23.4. The number of nitrogens with one attached hydrogen (secondary N) is 1. The molecule has 0 aliphatic rings. The van der Waals surface area contributed by atoms with Crippen molar-refractivity contribution in [3.8, 4) is 5.75 Å². The summed E-state index contributed by atoms with van der Waals surface area (Å²) in [5.41, 5.74) is 1.57. The molecule has 1 heterocycles. The Balaban J connectivity index is 1.84. The van der Waals surface area contributed by atoms with Gasteiger partial charge in [0.1, 0.15) is 5.75 Å². The maximum Gasteiger partial charge on any atom is 0.343 e. The van der Waals surface area contributed by atoms with Crippen molar-refractivity contribution in [2.45, 2.75) is 33.2 Å². The molecular weight excluding hydrogens is 481 g/mol. The van der Waals surface area contributed by atoms with Crippen molar-refractivity contribution in [3.63, 3.8) is 0 Å². The van der Waals surface area contributed by atoms with Gasteiger partial charge in [0.25, 0.3) is 0 Å². The van der Waals surface area contributed by atoms with Gasteiger partial charge in [-0.15, -0.1) is 0 Å². The molecule has 0 spiro atoms. The van der Waals surface area contributed by atoms with E-state index in [9.17, 15) is 9.59 Å². The largest absolute Gasteiger partial charge is 0.422 e. The molecule has 0 unspecified atom stereocenters. The first-order valence-electron chi connectivity index (χ1n) is 9.94. The predicted octanol–water partition coefficient (Wildman–Crippen LogP) is 4.09. The first-order valence-corrected chi connectivity index (χ1v) is 11.0. The Labute approximate surface area is 186 Å². The average molecular weight is 509 g/mol. The van der Waals surface area contributed by atoms with Gasteiger partial charge in [0.2, 0.25) is 3.79 Å². The third-order valence-electron chi connectivity index (χ3n) is 4.63. The molecule has 0 atom stereocenters. The maximum atomic E-state index is 12.5. The zero-order valence-corrected chi connectivity index (χ0v) is 19.1. The molecule has 0 fully saturated rings. The molecule has 0 radical (unpaired) electrons. The molecule has 0 saturated heterocycles. The smallest absolute Gasteiger partial charge is 0.343 e. The lowest BCUT2D eigenvalue weighted by molar-refractivity contribution is 0.0733. The van der Waals surface area contributed by atoms with Crippen molar-refractivity contribution in [2.75, 3.05) is 26.2 Å². The van der Waals surface area contributed by atoms with E-state index in [-0.39, 0.29) is 9.54 Å². The number of pyridine rings is 1. The van der Waals surface area contributed by atoms with Crippen molar-refractivity contribution >= 4 is 32.4 Å². The summed E-state index contributed by atoms with van der Waals surface area (Å²) in [4.78, 5) is 30.9. The van der Waals surface area contributed by atoms with E-state index in [2.05, 4.69) is 29.0 Å². The number of unbranched alkanes of at least 4 members (excludes halogenated alkanes) is 1. The lowest BCUT2D eigenvalue weighted by Gasteiger charge is -2.17. The minimum Gasteiger partial charge on any atom is -0.422 e. The van der Waals surface area contributed by atoms with E-state index in [1.54, 1.807) is 65.2 Å². The fourth-order valence-corrected chi connectivity index (χ4v) is 3.37. The molecule has 7 heteroatoms. The van der Waals surface area contributed by atoms with Gasteiger partial charge in [-0.3, -0.25) is 9.78 Å². The summed E-state index contributed by atoms with van der Waals surface area (Å²) in [5, 5.41) is 3.37. The van der Waals surface area contributed by atoms with Gasteiger partial charge >= 0.3 is 5.97 Å². The van der Waals surface area contributed by atoms with Crippen molar-refractivity contribution in [2.24, 2.45) is 0 Å². The number of carbonyl (C=O) groups is 2. The summed E-state index contributed by atoms with van der Waals surface area (Å²) in [7, 11) is 0. The summed E-state index contributed by atoms with van der Waals surface area (Å²) >= 11 is 1.68. The summed E-state index contributed by atoms with van der Waals surface area (Å²) < 4.78 is 5.26. The van der Waals surface area contributed by atoms with Gasteiger partial charge in [0.05, 0.1) is 16.8 Å². The highest BCUT2D eigenvalue weighted by molar-refractivity contribution is 14.1. The normalized spacial score (nSPS) is 10.9. The molecule has 0 aliphatic carbocycles. The summed E-state index contributed by atoms with van der Waals surface area (Å²) in [5.74, 6) is -0.237. The van der Waals surface area contributed by atoms with Gasteiger partial charge in [-0.05, 0) is 63.3 Å². The number of ether oxygens (including phenoxy) is 1. The van der Waals surface area contributed by atoms with Gasteiger partial charge < -0.3 is 15.0 Å². The van der Waals surface area contributed by atoms with Crippen LogP contribution in [0.4, 0.5) is 0 Å². The van der Waals surface area contributed by atoms with Crippen LogP contribution in [-0.2, 0) is 6.54 Å². The molecule has 2 rings (SSSR count). The minimum atomic E-state index is -0.502. The van der Waals surface area contributed by atoms with Crippen LogP contribution in [0.15, 0.2) is 42.6 Å². The lowest BCUT2D eigenvalue weighted by Crippen LogP contribution is -2.25. The molecule has 6 nitrogen and oxygen atoms in total. The third-order valence-corrected chi connectivity index (χ3v) is 5.21. The highest BCUT2D eigenvalue weighted by Crippen LogP contribution is 2.22. The number of aromatic nitrogens is 1. The van der Waals surface area contributed by atoms with Gasteiger partial charge in [-0.25, -0.2) is 4.79 Å². The second-order valence-corrected chi connectivity index (χ2v) is 7.59. The molecule has 2 aromatic rings. The molecule has 156 valence electrons. The van der Waals surface area contributed by atoms with Crippen LogP contribution in [0.25, 0.3) is 0 Å². The fraction of sp³-hybridized carbons (Fsp3) is 0.409. The number of hydrogen-bond acceptors (Lipinski definition) is 6. The Morgan fingerprint density at radius 1 is 1.14 bits per heavy atom. The highest BCUT2D eigenvalue weighted by atomic mass is 127. The first-order chi connectivity index (χ1) is 14.0. The molecule has 1 aromatic carbocycles. The minimum absolute atomic E-state index is 0.174. The number of halogens is 1. The number of para-hydroxylation sites is 1. The fourth-order valence-electron chi connectivity index (χ4n) is 2.92. The number of esters is 1. The Hall–Kier alpha value is -1.84. The SMILES string of the molecule is CCN(CC)CCCCNCc1cc(C(=O)Oc2ccccc2C(=O)I)ccn1. The molecule has 0 bridgehead atoms. The van der Waals surface area contributed by atoms with Crippen molar-refractivity contribution in [1.82, 2.24) is 15.2 Å². The summed E-state index contributed by atoms with van der Waals surface area (Å²) in [6, 6.07) is 10.1. The Morgan fingerprint density at radius 3 is 2.62 bits per heavy atom.